The summed E-state index contributed by atoms with van der Waals surface area (Å²) in [7, 11) is 0. The summed E-state index contributed by atoms with van der Waals surface area (Å²) >= 11 is 0. The average molecular weight is 390 g/mol. The van der Waals surface area contributed by atoms with Gasteiger partial charge in [-0.3, -0.25) is 10.3 Å². The van der Waals surface area contributed by atoms with Crippen LogP contribution in [0.2, 0.25) is 0 Å². The largest absolute Gasteiger partial charge is 0.369 e. The van der Waals surface area contributed by atoms with Gasteiger partial charge in [0.05, 0.1) is 17.1 Å². The molecule has 1 aliphatic heterocycles. The Kier molecular flexibility index (Phi) is 5.20. The normalized spacial score (nSPS) is 18.9. The van der Waals surface area contributed by atoms with Crippen LogP contribution in [-0.4, -0.2) is 23.3 Å². The summed E-state index contributed by atoms with van der Waals surface area (Å²) in [5.74, 6) is 0.643. The van der Waals surface area contributed by atoms with E-state index in [9.17, 15) is 0 Å². The summed E-state index contributed by atoms with van der Waals surface area (Å²) in [6, 6.07) is 18.0. The maximum Gasteiger partial charge on any atom is 0.220 e. The van der Waals surface area contributed by atoms with Gasteiger partial charge in [-0.05, 0) is 50.8 Å². The first-order valence-corrected chi connectivity index (χ1v) is 10.0. The zero-order chi connectivity index (χ0) is 20.3. The van der Waals surface area contributed by atoms with E-state index in [1.807, 2.05) is 61.5 Å². The predicted molar refractivity (Wildman–Crippen MR) is 120 cm³/mol. The molecule has 4 rings (SSSR count). The van der Waals surface area contributed by atoms with Crippen LogP contribution < -0.4 is 21.8 Å². The van der Waals surface area contributed by atoms with E-state index in [0.29, 0.717) is 5.96 Å². The van der Waals surface area contributed by atoms with Gasteiger partial charge in [-0.15, -0.1) is 0 Å². The molecule has 1 fully saturated rings. The lowest BCUT2D eigenvalue weighted by atomic mass is 9.86. The van der Waals surface area contributed by atoms with Crippen LogP contribution in [0.25, 0.3) is 0 Å². The lowest BCUT2D eigenvalue weighted by molar-refractivity contribution is 0.305. The van der Waals surface area contributed by atoms with Crippen LogP contribution in [-0.2, 0) is 0 Å². The van der Waals surface area contributed by atoms with E-state index >= 15 is 0 Å². The average Bonchev–Trinajstić information content (AvgIpc) is 2.73. The van der Waals surface area contributed by atoms with Gasteiger partial charge in [0.1, 0.15) is 5.66 Å². The molecule has 0 atom stereocenters. The van der Waals surface area contributed by atoms with Crippen molar-refractivity contribution in [1.29, 1.82) is 0 Å². The molecule has 0 bridgehead atoms. The van der Waals surface area contributed by atoms with Gasteiger partial charge in [0.25, 0.3) is 0 Å². The highest BCUT2D eigenvalue weighted by molar-refractivity contribution is 6.11. The maximum absolute atomic E-state index is 6.40. The third-order valence-corrected chi connectivity index (χ3v) is 5.51. The maximum atomic E-state index is 6.40. The van der Waals surface area contributed by atoms with Crippen LogP contribution in [0.5, 0.6) is 0 Å². The van der Waals surface area contributed by atoms with Crippen molar-refractivity contribution in [3.63, 3.8) is 0 Å². The number of nitrogens with two attached hydrogens (primary N) is 2. The van der Waals surface area contributed by atoms with Gasteiger partial charge in [-0.1, -0.05) is 42.8 Å². The standard InChI is InChI=1S/C22H27N7/c1-16(27-28-17-10-4-2-5-11-17)18-12-6-7-13-19(18)29-21(24)25-20(23)26-22(29)14-8-3-9-15-22/h2,4-7,10-13,28H,3,8-9,14-15H2,1H3,(H4,23,24,25,26). The second-order valence-corrected chi connectivity index (χ2v) is 7.51. The third-order valence-electron chi connectivity index (χ3n) is 5.51. The van der Waals surface area contributed by atoms with E-state index in [0.717, 1.165) is 48.3 Å². The van der Waals surface area contributed by atoms with Crippen molar-refractivity contribution in [3.8, 4) is 0 Å². The van der Waals surface area contributed by atoms with E-state index in [1.54, 1.807) is 0 Å². The van der Waals surface area contributed by atoms with Crippen molar-refractivity contribution in [2.45, 2.75) is 44.7 Å². The lowest BCUT2D eigenvalue weighted by Crippen LogP contribution is -2.58. The molecule has 1 saturated carbocycles. The van der Waals surface area contributed by atoms with Gasteiger partial charge in [-0.2, -0.15) is 10.1 Å². The van der Waals surface area contributed by atoms with E-state index in [4.69, 9.17) is 16.5 Å². The topological polar surface area (TPSA) is 104 Å². The molecule has 0 aromatic heterocycles. The van der Waals surface area contributed by atoms with Crippen molar-refractivity contribution in [2.75, 3.05) is 10.3 Å². The Bertz CT molecular complexity index is 956. The molecule has 5 N–H and O–H groups in total. The number of benzene rings is 2. The fourth-order valence-corrected chi connectivity index (χ4v) is 4.17. The zero-order valence-electron chi connectivity index (χ0n) is 16.7. The molecule has 1 heterocycles. The fourth-order valence-electron chi connectivity index (χ4n) is 4.17. The second-order valence-electron chi connectivity index (χ2n) is 7.51. The van der Waals surface area contributed by atoms with Crippen LogP contribution >= 0.6 is 0 Å². The Morgan fingerprint density at radius 3 is 2.45 bits per heavy atom. The van der Waals surface area contributed by atoms with Gasteiger partial charge < -0.3 is 11.5 Å². The molecule has 2 aromatic rings. The molecule has 0 saturated heterocycles. The van der Waals surface area contributed by atoms with Crippen molar-refractivity contribution >= 4 is 29.0 Å². The number of aliphatic imine (C=N–C) groups is 2. The van der Waals surface area contributed by atoms with Gasteiger partial charge >= 0.3 is 0 Å². The van der Waals surface area contributed by atoms with Gasteiger partial charge in [-0.25, -0.2) is 4.99 Å². The minimum absolute atomic E-state index is 0.259. The van der Waals surface area contributed by atoms with Crippen LogP contribution in [0.1, 0.15) is 44.6 Å². The van der Waals surface area contributed by atoms with Crippen LogP contribution in [0.3, 0.4) is 0 Å². The van der Waals surface area contributed by atoms with E-state index < -0.39 is 5.66 Å². The van der Waals surface area contributed by atoms with E-state index in [-0.39, 0.29) is 5.96 Å². The highest BCUT2D eigenvalue weighted by Crippen LogP contribution is 2.40. The number of hydrogen-bond donors (Lipinski definition) is 3. The molecule has 29 heavy (non-hydrogen) atoms. The summed E-state index contributed by atoms with van der Waals surface area (Å²) in [5, 5.41) is 4.59. The quantitative estimate of drug-likeness (QED) is 0.548. The van der Waals surface area contributed by atoms with Crippen molar-refractivity contribution < 1.29 is 0 Å². The minimum atomic E-state index is -0.475. The van der Waals surface area contributed by atoms with E-state index in [2.05, 4.69) is 20.4 Å². The molecule has 150 valence electrons. The number of para-hydroxylation sites is 2. The summed E-state index contributed by atoms with van der Waals surface area (Å²) in [6.45, 7) is 1.98. The predicted octanol–water partition coefficient (Wildman–Crippen LogP) is 3.63. The minimum Gasteiger partial charge on any atom is -0.369 e. The molecule has 0 amide bonds. The Labute approximate surface area is 171 Å². The molecule has 2 aliphatic rings. The van der Waals surface area contributed by atoms with Crippen molar-refractivity contribution in [2.24, 2.45) is 26.6 Å². The third kappa shape index (κ3) is 3.81. The van der Waals surface area contributed by atoms with Crippen molar-refractivity contribution in [3.05, 3.63) is 60.2 Å². The van der Waals surface area contributed by atoms with Crippen molar-refractivity contribution in [1.82, 2.24) is 0 Å². The first-order valence-electron chi connectivity index (χ1n) is 10.0. The smallest absolute Gasteiger partial charge is 0.220 e. The number of hydrogen-bond acceptors (Lipinski definition) is 7. The zero-order valence-corrected chi connectivity index (χ0v) is 16.7. The highest BCUT2D eigenvalue weighted by Gasteiger charge is 2.43. The number of nitrogens with one attached hydrogen (secondary N) is 1. The molecule has 7 heteroatoms. The van der Waals surface area contributed by atoms with Gasteiger partial charge in [0, 0.05) is 5.56 Å². The Hall–Kier alpha value is -3.35. The molecular weight excluding hydrogens is 362 g/mol. The number of rotatable bonds is 4. The number of anilines is 2. The van der Waals surface area contributed by atoms with Gasteiger partial charge in [0.2, 0.25) is 11.9 Å². The molecule has 0 unspecified atom stereocenters. The van der Waals surface area contributed by atoms with Gasteiger partial charge in [0.15, 0.2) is 0 Å². The summed E-state index contributed by atoms with van der Waals surface area (Å²) in [4.78, 5) is 11.1. The van der Waals surface area contributed by atoms with Crippen LogP contribution in [0.4, 0.5) is 11.4 Å². The summed E-state index contributed by atoms with van der Waals surface area (Å²) in [5.41, 5.74) is 18.8. The van der Waals surface area contributed by atoms with Crippen LogP contribution in [0.15, 0.2) is 69.7 Å². The lowest BCUT2D eigenvalue weighted by Gasteiger charge is -2.46. The molecule has 2 aromatic carbocycles. The summed E-state index contributed by atoms with van der Waals surface area (Å²) in [6.07, 6.45) is 5.18. The SMILES string of the molecule is CC(=NNc1ccccc1)c1ccccc1N1C(N)=NC(N)=NC12CCCCC2. The first-order chi connectivity index (χ1) is 14.1. The van der Waals surface area contributed by atoms with E-state index in [1.165, 1.54) is 6.42 Å². The molecule has 7 nitrogen and oxygen atoms in total. The molecular formula is C22H27N7. The fraction of sp³-hybridized carbons (Fsp3) is 0.318. The Balaban J connectivity index is 1.72. The molecule has 0 radical (unpaired) electrons. The Morgan fingerprint density at radius 2 is 1.69 bits per heavy atom. The summed E-state index contributed by atoms with van der Waals surface area (Å²) < 4.78 is 0. The second kappa shape index (κ2) is 7.95. The Morgan fingerprint density at radius 1 is 1.00 bits per heavy atom. The highest BCUT2D eigenvalue weighted by atomic mass is 15.4. The molecule has 1 aliphatic carbocycles. The molecule has 1 spiro atoms. The van der Waals surface area contributed by atoms with Crippen LogP contribution in [0, 0.1) is 0 Å². The number of guanidine groups is 2. The first kappa shape index (κ1) is 19.0. The number of hydrazone groups is 1. The number of nitrogens with zero attached hydrogens (tertiary/aromatic N) is 4. The monoisotopic (exact) mass is 389 g/mol.